The molecule has 0 fully saturated rings. The summed E-state index contributed by atoms with van der Waals surface area (Å²) >= 11 is 0. The highest BCUT2D eigenvalue weighted by Crippen LogP contribution is 2.30. The molecule has 6 heteroatoms. The van der Waals surface area contributed by atoms with Crippen LogP contribution in [0.15, 0.2) is 24.3 Å². The summed E-state index contributed by atoms with van der Waals surface area (Å²) in [6, 6.07) is 6.41. The summed E-state index contributed by atoms with van der Waals surface area (Å²) in [4.78, 5) is 0. The summed E-state index contributed by atoms with van der Waals surface area (Å²) in [6.45, 7) is -0.496. The van der Waals surface area contributed by atoms with Crippen LogP contribution in [0.1, 0.15) is 12.5 Å². The molecule has 0 saturated heterocycles. The summed E-state index contributed by atoms with van der Waals surface area (Å²) in [5, 5.41) is 12.6. The van der Waals surface area contributed by atoms with Crippen molar-refractivity contribution in [3.63, 3.8) is 0 Å². The number of ether oxygens (including phenoxy) is 2. The highest BCUT2D eigenvalue weighted by molar-refractivity contribution is 5.39. The van der Waals surface area contributed by atoms with Crippen molar-refractivity contribution in [2.75, 3.05) is 26.9 Å². The molecule has 0 bridgehead atoms. The molecule has 108 valence electrons. The van der Waals surface area contributed by atoms with Crippen LogP contribution in [-0.4, -0.2) is 38.6 Å². The molecule has 0 aliphatic rings. The molecule has 2 N–H and O–H groups in total. The van der Waals surface area contributed by atoms with Crippen molar-refractivity contribution in [3.8, 4) is 5.75 Å². The zero-order chi connectivity index (χ0) is 14.3. The molecule has 0 aliphatic heterocycles. The maximum absolute atomic E-state index is 12.4. The Hall–Kier alpha value is -1.24. The van der Waals surface area contributed by atoms with Crippen LogP contribution in [0.5, 0.6) is 5.75 Å². The van der Waals surface area contributed by atoms with Gasteiger partial charge in [-0.05, 0) is 13.0 Å². The zero-order valence-corrected chi connectivity index (χ0v) is 11.0. The number of nitrogens with one attached hydrogen (secondary N) is 1. The first-order valence-corrected chi connectivity index (χ1v) is 5.92. The maximum Gasteiger partial charge on any atom is 0.387 e. The van der Waals surface area contributed by atoms with Gasteiger partial charge in [0.05, 0.1) is 18.8 Å². The predicted octanol–water partition coefficient (Wildman–Crippen LogP) is 1.73. The lowest BCUT2D eigenvalue weighted by Crippen LogP contribution is -2.44. The van der Waals surface area contributed by atoms with Gasteiger partial charge in [0.1, 0.15) is 5.75 Å². The Morgan fingerprint density at radius 3 is 2.63 bits per heavy atom. The van der Waals surface area contributed by atoms with Crippen molar-refractivity contribution in [3.05, 3.63) is 29.8 Å². The largest absolute Gasteiger partial charge is 0.434 e. The lowest BCUT2D eigenvalue weighted by molar-refractivity contribution is -0.0515. The monoisotopic (exact) mass is 275 g/mol. The number of hydrogen-bond acceptors (Lipinski definition) is 4. The molecule has 1 rings (SSSR count). The van der Waals surface area contributed by atoms with E-state index in [1.165, 1.54) is 6.07 Å². The van der Waals surface area contributed by atoms with Crippen LogP contribution in [0.2, 0.25) is 0 Å². The molecule has 0 radical (unpaired) electrons. The van der Waals surface area contributed by atoms with Gasteiger partial charge >= 0.3 is 6.61 Å². The second kappa shape index (κ2) is 7.37. The van der Waals surface area contributed by atoms with Gasteiger partial charge in [-0.1, -0.05) is 18.2 Å². The van der Waals surface area contributed by atoms with Gasteiger partial charge < -0.3 is 19.9 Å². The van der Waals surface area contributed by atoms with Crippen molar-refractivity contribution in [2.24, 2.45) is 0 Å². The third-order valence-corrected chi connectivity index (χ3v) is 2.84. The molecule has 0 saturated carbocycles. The molecule has 1 aromatic rings. The number of methoxy groups -OCH3 is 1. The van der Waals surface area contributed by atoms with E-state index < -0.39 is 12.2 Å². The molecule has 0 spiro atoms. The number of alkyl halides is 2. The normalized spacial score (nSPS) is 14.4. The predicted molar refractivity (Wildman–Crippen MR) is 67.4 cm³/mol. The van der Waals surface area contributed by atoms with Crippen LogP contribution in [0.4, 0.5) is 8.78 Å². The second-order valence-corrected chi connectivity index (χ2v) is 4.28. The van der Waals surface area contributed by atoms with Crippen LogP contribution in [-0.2, 0) is 10.3 Å². The Bertz CT molecular complexity index is 390. The van der Waals surface area contributed by atoms with Crippen LogP contribution >= 0.6 is 0 Å². The summed E-state index contributed by atoms with van der Waals surface area (Å²) < 4.78 is 34.1. The fourth-order valence-corrected chi connectivity index (χ4v) is 1.79. The van der Waals surface area contributed by atoms with Gasteiger partial charge in [0.15, 0.2) is 0 Å². The van der Waals surface area contributed by atoms with E-state index in [0.717, 1.165) is 0 Å². The van der Waals surface area contributed by atoms with Crippen molar-refractivity contribution in [2.45, 2.75) is 19.1 Å². The van der Waals surface area contributed by atoms with Crippen molar-refractivity contribution in [1.29, 1.82) is 0 Å². The van der Waals surface area contributed by atoms with Crippen molar-refractivity contribution >= 4 is 0 Å². The average molecular weight is 275 g/mol. The third kappa shape index (κ3) is 4.41. The molecule has 19 heavy (non-hydrogen) atoms. The molecule has 4 nitrogen and oxygen atoms in total. The highest BCUT2D eigenvalue weighted by atomic mass is 19.3. The molecule has 1 aromatic carbocycles. The van der Waals surface area contributed by atoms with Gasteiger partial charge in [0.25, 0.3) is 0 Å². The minimum absolute atomic E-state index is 0.0546. The first-order chi connectivity index (χ1) is 9.03. The van der Waals surface area contributed by atoms with Crippen LogP contribution in [0.3, 0.4) is 0 Å². The lowest BCUT2D eigenvalue weighted by Gasteiger charge is -2.31. The van der Waals surface area contributed by atoms with Gasteiger partial charge in [-0.15, -0.1) is 0 Å². The van der Waals surface area contributed by atoms with E-state index in [4.69, 9.17) is 4.74 Å². The summed E-state index contributed by atoms with van der Waals surface area (Å²) in [6.07, 6.45) is 0. The van der Waals surface area contributed by atoms with Gasteiger partial charge in [-0.25, -0.2) is 0 Å². The Labute approximate surface area is 111 Å². The van der Waals surface area contributed by atoms with Gasteiger partial charge in [0.2, 0.25) is 0 Å². The first-order valence-electron chi connectivity index (χ1n) is 5.92. The minimum atomic E-state index is -2.90. The first kappa shape index (κ1) is 15.8. The molecule has 1 atom stereocenters. The number of benzene rings is 1. The van der Waals surface area contributed by atoms with E-state index in [-0.39, 0.29) is 12.4 Å². The molecular formula is C13H19F2NO3. The Morgan fingerprint density at radius 2 is 2.05 bits per heavy atom. The number of aliphatic hydroxyl groups excluding tert-OH is 1. The van der Waals surface area contributed by atoms with Gasteiger partial charge in [-0.2, -0.15) is 8.78 Å². The summed E-state index contributed by atoms with van der Waals surface area (Å²) in [5.41, 5.74) is -0.391. The number of rotatable bonds is 8. The SMILES string of the molecule is COCCNC(C)(CO)c1ccccc1OC(F)F. The number of aliphatic hydroxyl groups is 1. The third-order valence-electron chi connectivity index (χ3n) is 2.84. The van der Waals surface area contributed by atoms with Gasteiger partial charge in [0, 0.05) is 19.2 Å². The molecular weight excluding hydrogens is 256 g/mol. The second-order valence-electron chi connectivity index (χ2n) is 4.28. The van der Waals surface area contributed by atoms with E-state index >= 15 is 0 Å². The van der Waals surface area contributed by atoms with E-state index in [2.05, 4.69) is 10.1 Å². The molecule has 0 aromatic heterocycles. The van der Waals surface area contributed by atoms with Crippen molar-refractivity contribution in [1.82, 2.24) is 5.32 Å². The standard InChI is InChI=1S/C13H19F2NO3/c1-13(9-17,16-7-8-18-2)10-5-3-4-6-11(10)19-12(14)15/h3-6,12,16-17H,7-9H2,1-2H3. The van der Waals surface area contributed by atoms with Crippen LogP contribution in [0.25, 0.3) is 0 Å². The van der Waals surface area contributed by atoms with Crippen LogP contribution < -0.4 is 10.1 Å². The quantitative estimate of drug-likeness (QED) is 0.709. The number of halogens is 2. The molecule has 0 amide bonds. The number of hydrogen-bond donors (Lipinski definition) is 2. The zero-order valence-electron chi connectivity index (χ0n) is 11.0. The molecule has 1 unspecified atom stereocenters. The number of para-hydroxylation sites is 1. The summed E-state index contributed by atoms with van der Waals surface area (Å²) in [5.74, 6) is 0.0546. The Morgan fingerprint density at radius 1 is 1.37 bits per heavy atom. The average Bonchev–Trinajstić information content (AvgIpc) is 2.39. The topological polar surface area (TPSA) is 50.7 Å². The fourth-order valence-electron chi connectivity index (χ4n) is 1.79. The fraction of sp³-hybridized carbons (Fsp3) is 0.538. The van der Waals surface area contributed by atoms with E-state index in [1.54, 1.807) is 32.2 Å². The van der Waals surface area contributed by atoms with E-state index in [1.807, 2.05) is 0 Å². The Kier molecular flexibility index (Phi) is 6.14. The maximum atomic E-state index is 12.4. The minimum Gasteiger partial charge on any atom is -0.434 e. The van der Waals surface area contributed by atoms with Gasteiger partial charge in [-0.3, -0.25) is 0 Å². The van der Waals surface area contributed by atoms with Crippen LogP contribution in [0, 0.1) is 0 Å². The molecule has 0 heterocycles. The summed E-state index contributed by atoms with van der Waals surface area (Å²) in [7, 11) is 1.56. The van der Waals surface area contributed by atoms with E-state index in [0.29, 0.717) is 18.7 Å². The molecule has 0 aliphatic carbocycles. The Balaban J connectivity index is 2.95. The smallest absolute Gasteiger partial charge is 0.387 e. The van der Waals surface area contributed by atoms with E-state index in [9.17, 15) is 13.9 Å². The van der Waals surface area contributed by atoms with Crippen molar-refractivity contribution < 1.29 is 23.4 Å². The highest BCUT2D eigenvalue weighted by Gasteiger charge is 2.29. The lowest BCUT2D eigenvalue weighted by atomic mass is 9.92.